The summed E-state index contributed by atoms with van der Waals surface area (Å²) in [6, 6.07) is 1.62. The lowest BCUT2D eigenvalue weighted by Gasteiger charge is -2.15. The normalized spacial score (nSPS) is 20.6. The number of hydrogen-bond acceptors (Lipinski definition) is 4. The van der Waals surface area contributed by atoms with Crippen LogP contribution < -0.4 is 10.6 Å². The second-order valence-corrected chi connectivity index (χ2v) is 4.89. The number of anilines is 1. The topological polar surface area (TPSA) is 72.1 Å². The standard InChI is InChI=1S/C9H10BrClN4O/c10-6-2-7(11)13-14-9(6)15-4-5(3-12)1-8(15)16/h2,5H,1,3-4,12H2. The van der Waals surface area contributed by atoms with Gasteiger partial charge in [-0.25, -0.2) is 0 Å². The lowest BCUT2D eigenvalue weighted by Crippen LogP contribution is -2.27. The van der Waals surface area contributed by atoms with E-state index in [0.717, 1.165) is 0 Å². The Hall–Kier alpha value is -0.720. The van der Waals surface area contributed by atoms with Crippen LogP contribution in [-0.4, -0.2) is 29.2 Å². The van der Waals surface area contributed by atoms with Gasteiger partial charge in [0.15, 0.2) is 11.0 Å². The van der Waals surface area contributed by atoms with Crippen molar-refractivity contribution in [2.75, 3.05) is 18.0 Å². The first-order valence-electron chi connectivity index (χ1n) is 4.81. The van der Waals surface area contributed by atoms with Gasteiger partial charge in [0.2, 0.25) is 5.91 Å². The fourth-order valence-corrected chi connectivity index (χ4v) is 2.46. The van der Waals surface area contributed by atoms with E-state index in [1.54, 1.807) is 11.0 Å². The monoisotopic (exact) mass is 304 g/mol. The third-order valence-corrected chi connectivity index (χ3v) is 3.26. The van der Waals surface area contributed by atoms with E-state index in [0.29, 0.717) is 29.8 Å². The van der Waals surface area contributed by atoms with E-state index in [-0.39, 0.29) is 17.0 Å². The average molecular weight is 306 g/mol. The van der Waals surface area contributed by atoms with Crippen molar-refractivity contribution >= 4 is 39.3 Å². The van der Waals surface area contributed by atoms with Gasteiger partial charge in [0, 0.05) is 13.0 Å². The number of aromatic nitrogens is 2. The molecule has 0 spiro atoms. The first kappa shape index (κ1) is 11.8. The molecule has 2 heterocycles. The van der Waals surface area contributed by atoms with Crippen LogP contribution >= 0.6 is 27.5 Å². The average Bonchev–Trinajstić information content (AvgIpc) is 2.60. The summed E-state index contributed by atoms with van der Waals surface area (Å²) in [5, 5.41) is 7.93. The molecular formula is C9H10BrClN4O. The van der Waals surface area contributed by atoms with Crippen LogP contribution in [0.15, 0.2) is 10.5 Å². The van der Waals surface area contributed by atoms with E-state index in [4.69, 9.17) is 17.3 Å². The minimum absolute atomic E-state index is 0.0211. The summed E-state index contributed by atoms with van der Waals surface area (Å²) in [5.74, 6) is 0.718. The molecule has 1 saturated heterocycles. The van der Waals surface area contributed by atoms with Crippen LogP contribution in [-0.2, 0) is 4.79 Å². The first-order valence-corrected chi connectivity index (χ1v) is 5.98. The number of halogens is 2. The molecule has 1 aliphatic rings. The quantitative estimate of drug-likeness (QED) is 0.891. The Morgan fingerprint density at radius 2 is 2.38 bits per heavy atom. The van der Waals surface area contributed by atoms with E-state index in [2.05, 4.69) is 26.1 Å². The zero-order chi connectivity index (χ0) is 11.7. The zero-order valence-electron chi connectivity index (χ0n) is 8.36. The van der Waals surface area contributed by atoms with Crippen molar-refractivity contribution < 1.29 is 4.79 Å². The Balaban J connectivity index is 2.28. The molecule has 2 N–H and O–H groups in total. The smallest absolute Gasteiger partial charge is 0.228 e. The molecule has 1 amide bonds. The molecule has 1 unspecified atom stereocenters. The minimum atomic E-state index is 0.0211. The van der Waals surface area contributed by atoms with Gasteiger partial charge in [-0.3, -0.25) is 9.69 Å². The van der Waals surface area contributed by atoms with Crippen LogP contribution in [0.25, 0.3) is 0 Å². The molecular weight excluding hydrogens is 295 g/mol. The number of hydrogen-bond donors (Lipinski definition) is 1. The first-order chi connectivity index (χ1) is 7.61. The van der Waals surface area contributed by atoms with Gasteiger partial charge < -0.3 is 5.73 Å². The Labute approximate surface area is 106 Å². The maximum absolute atomic E-state index is 11.7. The zero-order valence-corrected chi connectivity index (χ0v) is 10.7. The Kier molecular flexibility index (Phi) is 3.41. The maximum Gasteiger partial charge on any atom is 0.228 e. The summed E-state index contributed by atoms with van der Waals surface area (Å²) in [5.41, 5.74) is 5.55. The van der Waals surface area contributed by atoms with Gasteiger partial charge >= 0.3 is 0 Å². The summed E-state index contributed by atoms with van der Waals surface area (Å²) in [7, 11) is 0. The van der Waals surface area contributed by atoms with Gasteiger partial charge in [-0.1, -0.05) is 11.6 Å². The van der Waals surface area contributed by atoms with Gasteiger partial charge in [0.05, 0.1) is 4.47 Å². The van der Waals surface area contributed by atoms with Gasteiger partial charge in [0.1, 0.15) is 0 Å². The second-order valence-electron chi connectivity index (χ2n) is 3.65. The van der Waals surface area contributed by atoms with Crippen molar-refractivity contribution in [1.82, 2.24) is 10.2 Å². The highest BCUT2D eigenvalue weighted by Gasteiger charge is 2.31. The molecule has 5 nitrogen and oxygen atoms in total. The summed E-state index contributed by atoms with van der Waals surface area (Å²) in [4.78, 5) is 13.3. The SMILES string of the molecule is NCC1CC(=O)N(c2nnc(Cl)cc2Br)C1. The number of amides is 1. The largest absolute Gasteiger partial charge is 0.330 e. The van der Waals surface area contributed by atoms with E-state index in [1.807, 2.05) is 0 Å². The van der Waals surface area contributed by atoms with Crippen molar-refractivity contribution in [3.63, 3.8) is 0 Å². The highest BCUT2D eigenvalue weighted by Crippen LogP contribution is 2.29. The molecule has 2 rings (SSSR count). The predicted molar refractivity (Wildman–Crippen MR) is 64.3 cm³/mol. The van der Waals surface area contributed by atoms with Gasteiger partial charge in [-0.05, 0) is 34.5 Å². The molecule has 86 valence electrons. The van der Waals surface area contributed by atoms with E-state index < -0.39 is 0 Å². The molecule has 0 saturated carbocycles. The minimum Gasteiger partial charge on any atom is -0.330 e. The van der Waals surface area contributed by atoms with Crippen molar-refractivity contribution in [3.8, 4) is 0 Å². The fourth-order valence-electron chi connectivity index (χ4n) is 1.67. The molecule has 0 bridgehead atoms. The van der Waals surface area contributed by atoms with Gasteiger partial charge in [-0.15, -0.1) is 10.2 Å². The third kappa shape index (κ3) is 2.18. The lowest BCUT2D eigenvalue weighted by atomic mass is 10.1. The van der Waals surface area contributed by atoms with Crippen molar-refractivity contribution in [2.45, 2.75) is 6.42 Å². The number of nitrogens with zero attached hydrogens (tertiary/aromatic N) is 3. The van der Waals surface area contributed by atoms with Gasteiger partial charge in [0.25, 0.3) is 0 Å². The molecule has 0 aromatic carbocycles. The summed E-state index contributed by atoms with van der Waals surface area (Å²) in [6.07, 6.45) is 0.466. The molecule has 0 radical (unpaired) electrons. The Bertz CT molecular complexity index is 428. The number of carbonyl (C=O) groups is 1. The molecule has 1 aliphatic heterocycles. The molecule has 1 aromatic heterocycles. The third-order valence-electron chi connectivity index (χ3n) is 2.49. The van der Waals surface area contributed by atoms with Gasteiger partial charge in [-0.2, -0.15) is 0 Å². The van der Waals surface area contributed by atoms with E-state index >= 15 is 0 Å². The van der Waals surface area contributed by atoms with E-state index in [9.17, 15) is 4.79 Å². The number of nitrogens with two attached hydrogens (primary N) is 1. The Morgan fingerprint density at radius 1 is 1.62 bits per heavy atom. The van der Waals surface area contributed by atoms with Crippen LogP contribution in [0.2, 0.25) is 5.15 Å². The van der Waals surface area contributed by atoms with Crippen LogP contribution in [0.1, 0.15) is 6.42 Å². The van der Waals surface area contributed by atoms with Crippen LogP contribution in [0.4, 0.5) is 5.82 Å². The molecule has 0 aliphatic carbocycles. The molecule has 1 fully saturated rings. The number of carbonyl (C=O) groups excluding carboxylic acids is 1. The van der Waals surface area contributed by atoms with Crippen LogP contribution in [0.5, 0.6) is 0 Å². The maximum atomic E-state index is 11.7. The fraction of sp³-hybridized carbons (Fsp3) is 0.444. The predicted octanol–water partition coefficient (Wildman–Crippen LogP) is 1.20. The van der Waals surface area contributed by atoms with Crippen LogP contribution in [0.3, 0.4) is 0 Å². The Morgan fingerprint density at radius 3 is 2.94 bits per heavy atom. The summed E-state index contributed by atoms with van der Waals surface area (Å²) in [6.45, 7) is 1.09. The summed E-state index contributed by atoms with van der Waals surface area (Å²) < 4.78 is 0.665. The summed E-state index contributed by atoms with van der Waals surface area (Å²) >= 11 is 9.00. The molecule has 7 heteroatoms. The molecule has 16 heavy (non-hydrogen) atoms. The van der Waals surface area contributed by atoms with Crippen molar-refractivity contribution in [3.05, 3.63) is 15.7 Å². The van der Waals surface area contributed by atoms with Crippen LogP contribution in [0, 0.1) is 5.92 Å². The highest BCUT2D eigenvalue weighted by molar-refractivity contribution is 9.10. The van der Waals surface area contributed by atoms with Crippen molar-refractivity contribution in [2.24, 2.45) is 11.7 Å². The second kappa shape index (κ2) is 4.65. The lowest BCUT2D eigenvalue weighted by molar-refractivity contribution is -0.117. The number of rotatable bonds is 2. The molecule has 1 aromatic rings. The van der Waals surface area contributed by atoms with E-state index in [1.165, 1.54) is 0 Å². The molecule has 1 atom stereocenters. The van der Waals surface area contributed by atoms with Crippen molar-refractivity contribution in [1.29, 1.82) is 0 Å². The highest BCUT2D eigenvalue weighted by atomic mass is 79.9.